The molecule has 10 nitrogen and oxygen atoms in total. The number of methoxy groups -OCH3 is 1. The Morgan fingerprint density at radius 2 is 1.60 bits per heavy atom. The largest absolute Gasteiger partial charge is 0.396 e. The minimum absolute atomic E-state index is 0.0393. The molecule has 1 N–H and O–H groups in total. The maximum absolute atomic E-state index is 11.6. The topological polar surface area (TPSA) is 135 Å². The highest BCUT2D eigenvalue weighted by Gasteiger charge is 2.57. The first kappa shape index (κ1) is 25.4. The fourth-order valence-electron chi connectivity index (χ4n) is 3.05. The fraction of sp³-hybridized carbons (Fsp3) is 0.647. The van der Waals surface area contributed by atoms with E-state index in [2.05, 4.69) is 0 Å². The molecule has 3 atom stereocenters. The molecule has 1 aliphatic rings. The van der Waals surface area contributed by atoms with Gasteiger partial charge in [-0.1, -0.05) is 23.7 Å². The van der Waals surface area contributed by atoms with Crippen molar-refractivity contribution in [2.24, 2.45) is 5.92 Å². The molecule has 13 heteroatoms. The Morgan fingerprint density at radius 3 is 2.03 bits per heavy atom. The zero-order valence-corrected chi connectivity index (χ0v) is 19.1. The summed E-state index contributed by atoms with van der Waals surface area (Å²) in [6.07, 6.45) is -0.356. The lowest BCUT2D eigenvalue weighted by Crippen LogP contribution is -2.52. The summed E-state index contributed by atoms with van der Waals surface area (Å²) in [5.74, 6) is -0.770. The molecule has 0 bridgehead atoms. The van der Waals surface area contributed by atoms with E-state index < -0.39 is 64.0 Å². The van der Waals surface area contributed by atoms with Crippen LogP contribution in [0.3, 0.4) is 0 Å². The minimum Gasteiger partial charge on any atom is -0.396 e. The second-order valence-corrected chi connectivity index (χ2v) is 10.6. The van der Waals surface area contributed by atoms with Gasteiger partial charge in [-0.3, -0.25) is 8.37 Å². The van der Waals surface area contributed by atoms with Crippen molar-refractivity contribution in [1.29, 1.82) is 0 Å². The van der Waals surface area contributed by atoms with E-state index in [1.165, 1.54) is 7.11 Å². The van der Waals surface area contributed by atoms with Crippen molar-refractivity contribution in [3.8, 4) is 0 Å². The average Bonchev–Trinajstić information content (AvgIpc) is 2.96. The van der Waals surface area contributed by atoms with Crippen LogP contribution in [0.2, 0.25) is 5.02 Å². The maximum atomic E-state index is 11.6. The number of aliphatic hydroxyl groups is 1. The van der Waals surface area contributed by atoms with E-state index in [4.69, 9.17) is 34.2 Å². The molecule has 1 saturated heterocycles. The van der Waals surface area contributed by atoms with Gasteiger partial charge in [0.2, 0.25) is 0 Å². The molecule has 1 heterocycles. The molecule has 1 aromatic rings. The Balaban J connectivity index is 2.36. The Kier molecular flexibility index (Phi) is 8.64. The zero-order valence-electron chi connectivity index (χ0n) is 16.7. The summed E-state index contributed by atoms with van der Waals surface area (Å²) >= 11 is 5.88. The number of halogens is 1. The number of hydrogen-bond acceptors (Lipinski definition) is 10. The second kappa shape index (κ2) is 10.2. The number of benzene rings is 1. The summed E-state index contributed by atoms with van der Waals surface area (Å²) in [7, 11) is -6.48. The van der Waals surface area contributed by atoms with E-state index >= 15 is 0 Å². The van der Waals surface area contributed by atoms with Gasteiger partial charge >= 0.3 is 0 Å². The first-order chi connectivity index (χ1) is 13.9. The van der Waals surface area contributed by atoms with Crippen LogP contribution in [0.25, 0.3) is 0 Å². The summed E-state index contributed by atoms with van der Waals surface area (Å²) in [5.41, 5.74) is -0.953. The van der Waals surface area contributed by atoms with E-state index in [1.807, 2.05) is 0 Å². The number of aliphatic hydroxyl groups excluding tert-OH is 1. The normalized spacial score (nSPS) is 24.2. The summed E-state index contributed by atoms with van der Waals surface area (Å²) in [6, 6.07) is 6.78. The molecular formula is C17H25ClO10S2. The molecule has 1 aliphatic heterocycles. The Labute approximate surface area is 181 Å². The maximum Gasteiger partial charge on any atom is 0.264 e. The van der Waals surface area contributed by atoms with Crippen molar-refractivity contribution in [3.63, 3.8) is 0 Å². The second-order valence-electron chi connectivity index (χ2n) is 6.92. The number of hydrogen-bond donors (Lipinski definition) is 1. The molecule has 1 aromatic carbocycles. The van der Waals surface area contributed by atoms with Crippen molar-refractivity contribution < 1.29 is 44.5 Å². The van der Waals surface area contributed by atoms with Crippen LogP contribution in [0, 0.1) is 5.92 Å². The molecule has 1 fully saturated rings. The van der Waals surface area contributed by atoms with Crippen LogP contribution >= 0.6 is 11.6 Å². The summed E-state index contributed by atoms with van der Waals surface area (Å²) in [6.45, 7) is -1.62. The molecule has 0 saturated carbocycles. The lowest BCUT2D eigenvalue weighted by atomic mass is 9.91. The van der Waals surface area contributed by atoms with Gasteiger partial charge in [0.1, 0.15) is 24.9 Å². The Bertz CT molecular complexity index is 865. The highest BCUT2D eigenvalue weighted by molar-refractivity contribution is 7.86. The molecule has 2 rings (SSSR count). The highest BCUT2D eigenvalue weighted by Crippen LogP contribution is 2.40. The lowest BCUT2D eigenvalue weighted by molar-refractivity contribution is -0.194. The van der Waals surface area contributed by atoms with E-state index in [0.29, 0.717) is 5.02 Å². The molecule has 0 unspecified atom stereocenters. The SMILES string of the molecule is CO[C@H]1OC(COS(C)(=O)=O)(COS(C)(=O)=O)[C@@H](OCc2ccc(Cl)cc2)[C@H]1CO. The molecule has 172 valence electrons. The first-order valence-electron chi connectivity index (χ1n) is 8.75. The van der Waals surface area contributed by atoms with Gasteiger partial charge in [0.25, 0.3) is 20.2 Å². The molecule has 0 amide bonds. The minimum atomic E-state index is -3.91. The van der Waals surface area contributed by atoms with Gasteiger partial charge < -0.3 is 19.3 Å². The van der Waals surface area contributed by atoms with Crippen LogP contribution in [-0.4, -0.2) is 79.4 Å². The van der Waals surface area contributed by atoms with Gasteiger partial charge in [-0.15, -0.1) is 0 Å². The summed E-state index contributed by atoms with van der Waals surface area (Å²) in [5, 5.41) is 10.4. The number of rotatable bonds is 11. The monoisotopic (exact) mass is 488 g/mol. The highest BCUT2D eigenvalue weighted by atomic mass is 35.5. The molecule has 0 aromatic heterocycles. The predicted molar refractivity (Wildman–Crippen MR) is 107 cm³/mol. The van der Waals surface area contributed by atoms with Crippen LogP contribution in [0.5, 0.6) is 0 Å². The van der Waals surface area contributed by atoms with Gasteiger partial charge in [-0.25, -0.2) is 0 Å². The third kappa shape index (κ3) is 7.11. The number of ether oxygens (including phenoxy) is 3. The van der Waals surface area contributed by atoms with Crippen molar-refractivity contribution >= 4 is 31.8 Å². The van der Waals surface area contributed by atoms with Crippen LogP contribution in [-0.2, 0) is 49.4 Å². The van der Waals surface area contributed by atoms with Crippen molar-refractivity contribution in [2.75, 3.05) is 39.4 Å². The van der Waals surface area contributed by atoms with Crippen LogP contribution in [0.4, 0.5) is 0 Å². The van der Waals surface area contributed by atoms with Crippen molar-refractivity contribution in [1.82, 2.24) is 0 Å². The van der Waals surface area contributed by atoms with Gasteiger partial charge in [-0.05, 0) is 17.7 Å². The third-order valence-corrected chi connectivity index (χ3v) is 5.77. The lowest BCUT2D eigenvalue weighted by Gasteiger charge is -2.33. The van der Waals surface area contributed by atoms with E-state index in [1.54, 1.807) is 24.3 Å². The zero-order chi connectivity index (χ0) is 22.6. The first-order valence-corrected chi connectivity index (χ1v) is 12.8. The molecular weight excluding hydrogens is 464 g/mol. The van der Waals surface area contributed by atoms with Crippen LogP contribution in [0.1, 0.15) is 5.56 Å². The van der Waals surface area contributed by atoms with Crippen molar-refractivity contribution in [3.05, 3.63) is 34.9 Å². The molecule has 0 radical (unpaired) electrons. The molecule has 0 spiro atoms. The van der Waals surface area contributed by atoms with Crippen LogP contribution in [0.15, 0.2) is 24.3 Å². The third-order valence-electron chi connectivity index (χ3n) is 4.43. The fourth-order valence-corrected chi connectivity index (χ4v) is 4.01. The summed E-state index contributed by atoms with van der Waals surface area (Å²) in [4.78, 5) is 0. The van der Waals surface area contributed by atoms with Gasteiger partial charge in [0, 0.05) is 12.1 Å². The van der Waals surface area contributed by atoms with E-state index in [-0.39, 0.29) is 6.61 Å². The van der Waals surface area contributed by atoms with Gasteiger partial charge in [0.15, 0.2) is 6.29 Å². The van der Waals surface area contributed by atoms with Crippen LogP contribution < -0.4 is 0 Å². The summed E-state index contributed by atoms with van der Waals surface area (Å²) < 4.78 is 73.1. The van der Waals surface area contributed by atoms with Gasteiger partial charge in [0.05, 0.1) is 31.6 Å². The molecule has 0 aliphatic carbocycles. The van der Waals surface area contributed by atoms with Crippen molar-refractivity contribution in [2.45, 2.75) is 24.6 Å². The smallest absolute Gasteiger partial charge is 0.264 e. The molecule has 30 heavy (non-hydrogen) atoms. The van der Waals surface area contributed by atoms with Gasteiger partial charge in [-0.2, -0.15) is 16.8 Å². The predicted octanol–water partition coefficient (Wildman–Crippen LogP) is 0.528. The van der Waals surface area contributed by atoms with E-state index in [0.717, 1.165) is 18.1 Å². The standard InChI is InChI=1S/C17H25ClO10S2/c1-24-16-14(8-19)15(25-9-12-4-6-13(18)7-5-12)17(28-16,10-26-29(2,20)21)11-27-30(3,22)23/h4-7,14-16,19H,8-11H2,1-3H3/t14-,15+,16+/m1/s1. The Hall–Kier alpha value is -0.830. The average molecular weight is 489 g/mol. The Morgan fingerprint density at radius 1 is 1.07 bits per heavy atom. The quantitative estimate of drug-likeness (QED) is 0.439. The van der Waals surface area contributed by atoms with E-state index in [9.17, 15) is 21.9 Å².